The van der Waals surface area contributed by atoms with Gasteiger partial charge < -0.3 is 20.1 Å². The van der Waals surface area contributed by atoms with Crippen LogP contribution < -0.4 is 15.4 Å². The zero-order valence-electron chi connectivity index (χ0n) is 13.1. The van der Waals surface area contributed by atoms with Gasteiger partial charge in [0.1, 0.15) is 0 Å². The molecular weight excluding hydrogens is 313 g/mol. The first-order chi connectivity index (χ1) is 10.9. The number of rotatable bonds is 8. The Morgan fingerprint density at radius 1 is 1.35 bits per heavy atom. The van der Waals surface area contributed by atoms with Crippen molar-refractivity contribution in [2.75, 3.05) is 33.4 Å². The maximum atomic E-state index is 12.1. The number of nitrogens with one attached hydrogen (secondary N) is 2. The highest BCUT2D eigenvalue weighted by Gasteiger charge is 2.28. The minimum absolute atomic E-state index is 0.0686. The van der Waals surface area contributed by atoms with Crippen LogP contribution in [0, 0.1) is 0 Å². The van der Waals surface area contributed by atoms with Crippen molar-refractivity contribution in [3.63, 3.8) is 0 Å². The summed E-state index contributed by atoms with van der Waals surface area (Å²) in [4.78, 5) is 7.78. The fraction of sp³-hybridized carbons (Fsp3) is 0.571. The van der Waals surface area contributed by atoms with Crippen LogP contribution >= 0.6 is 0 Å². The minimum atomic E-state index is -4.39. The maximum absolute atomic E-state index is 12.1. The molecule has 23 heavy (non-hydrogen) atoms. The molecule has 1 rings (SSSR count). The zero-order valence-corrected chi connectivity index (χ0v) is 13.1. The number of hydrogen-bond donors (Lipinski definition) is 2. The molecule has 0 bridgehead atoms. The molecule has 0 fully saturated rings. The second-order valence-electron chi connectivity index (χ2n) is 4.46. The first kappa shape index (κ1) is 19.0. The Bertz CT molecular complexity index is 495. The van der Waals surface area contributed by atoms with Crippen molar-refractivity contribution in [3.05, 3.63) is 23.9 Å². The lowest BCUT2D eigenvalue weighted by molar-refractivity contribution is -0.154. The highest BCUT2D eigenvalue weighted by Crippen LogP contribution is 2.17. The van der Waals surface area contributed by atoms with Gasteiger partial charge >= 0.3 is 6.18 Å². The van der Waals surface area contributed by atoms with Gasteiger partial charge in [-0.3, -0.25) is 4.99 Å². The van der Waals surface area contributed by atoms with E-state index in [1.54, 1.807) is 13.1 Å². The molecule has 0 aliphatic carbocycles. The summed E-state index contributed by atoms with van der Waals surface area (Å²) in [6, 6.07) is 3.13. The fourth-order valence-electron chi connectivity index (χ4n) is 1.59. The smallest absolute Gasteiger partial charge is 0.422 e. The molecule has 0 spiro atoms. The van der Waals surface area contributed by atoms with Crippen LogP contribution in [0.4, 0.5) is 13.2 Å². The second-order valence-corrected chi connectivity index (χ2v) is 4.46. The number of alkyl halides is 3. The highest BCUT2D eigenvalue weighted by molar-refractivity contribution is 5.79. The molecule has 0 aliphatic rings. The van der Waals surface area contributed by atoms with Crippen LogP contribution in [0.5, 0.6) is 5.88 Å². The van der Waals surface area contributed by atoms with Crippen LogP contribution in [0.15, 0.2) is 23.3 Å². The van der Waals surface area contributed by atoms with E-state index < -0.39 is 12.8 Å². The average Bonchev–Trinajstić information content (AvgIpc) is 2.52. The summed E-state index contributed by atoms with van der Waals surface area (Å²) in [5.74, 6) is 0.500. The lowest BCUT2D eigenvalue weighted by Gasteiger charge is -2.13. The Labute approximate surface area is 133 Å². The molecule has 6 nitrogen and oxygen atoms in total. The summed E-state index contributed by atoms with van der Waals surface area (Å²) in [5, 5.41) is 6.09. The van der Waals surface area contributed by atoms with E-state index in [0.717, 1.165) is 5.56 Å². The molecule has 1 aromatic rings. The Morgan fingerprint density at radius 3 is 2.78 bits per heavy atom. The predicted molar refractivity (Wildman–Crippen MR) is 80.5 cm³/mol. The van der Waals surface area contributed by atoms with Gasteiger partial charge in [0.15, 0.2) is 12.6 Å². The number of aliphatic imine (C=N–C) groups is 1. The van der Waals surface area contributed by atoms with Crippen molar-refractivity contribution in [1.29, 1.82) is 0 Å². The lowest BCUT2D eigenvalue weighted by Crippen LogP contribution is -2.38. The number of ether oxygens (including phenoxy) is 2. The van der Waals surface area contributed by atoms with E-state index in [9.17, 15) is 13.2 Å². The Hall–Kier alpha value is -2.03. The Morgan fingerprint density at radius 2 is 2.13 bits per heavy atom. The van der Waals surface area contributed by atoms with E-state index in [-0.39, 0.29) is 5.88 Å². The van der Waals surface area contributed by atoms with E-state index in [1.165, 1.54) is 12.3 Å². The molecule has 130 valence electrons. The summed E-state index contributed by atoms with van der Waals surface area (Å²) in [7, 11) is 1.63. The molecule has 0 saturated carbocycles. The summed E-state index contributed by atoms with van der Waals surface area (Å²) in [6.07, 6.45) is -2.99. The number of aromatic nitrogens is 1. The van der Waals surface area contributed by atoms with Crippen LogP contribution in [-0.4, -0.2) is 50.5 Å². The van der Waals surface area contributed by atoms with Gasteiger partial charge in [-0.25, -0.2) is 4.98 Å². The Kier molecular flexibility index (Phi) is 8.17. The SMILES string of the molecule is CCOCCNC(=NC)NCc1ccnc(OCC(F)(F)F)c1. The van der Waals surface area contributed by atoms with Crippen LogP contribution in [0.2, 0.25) is 0 Å². The number of nitrogens with zero attached hydrogens (tertiary/aromatic N) is 2. The van der Waals surface area contributed by atoms with Gasteiger partial charge in [-0.2, -0.15) is 13.2 Å². The summed E-state index contributed by atoms with van der Waals surface area (Å²) >= 11 is 0. The van der Waals surface area contributed by atoms with Crippen molar-refractivity contribution < 1.29 is 22.6 Å². The van der Waals surface area contributed by atoms with Gasteiger partial charge in [0.05, 0.1) is 6.61 Å². The van der Waals surface area contributed by atoms with Crippen molar-refractivity contribution >= 4 is 5.96 Å². The molecule has 0 aliphatic heterocycles. The summed E-state index contributed by atoms with van der Waals surface area (Å²) in [6.45, 7) is 2.73. The lowest BCUT2D eigenvalue weighted by atomic mass is 10.2. The molecule has 0 unspecified atom stereocenters. The predicted octanol–water partition coefficient (Wildman–Crippen LogP) is 1.72. The van der Waals surface area contributed by atoms with Crippen LogP contribution in [0.25, 0.3) is 0 Å². The Balaban J connectivity index is 2.44. The van der Waals surface area contributed by atoms with Gasteiger partial charge in [0.25, 0.3) is 0 Å². The number of hydrogen-bond acceptors (Lipinski definition) is 4. The van der Waals surface area contributed by atoms with Gasteiger partial charge in [-0.1, -0.05) is 0 Å². The molecular formula is C14H21F3N4O2. The van der Waals surface area contributed by atoms with Crippen molar-refractivity contribution in [3.8, 4) is 5.88 Å². The summed E-state index contributed by atoms with van der Waals surface area (Å²) in [5.41, 5.74) is 0.727. The average molecular weight is 334 g/mol. The molecule has 1 aromatic heterocycles. The van der Waals surface area contributed by atoms with Crippen molar-refractivity contribution in [1.82, 2.24) is 15.6 Å². The molecule has 2 N–H and O–H groups in total. The third-order valence-electron chi connectivity index (χ3n) is 2.61. The standard InChI is InChI=1S/C14H21F3N4O2/c1-3-22-7-6-20-13(18-2)21-9-11-4-5-19-12(8-11)23-10-14(15,16)17/h4-5,8H,3,6-7,9-10H2,1-2H3,(H2,18,20,21). The topological polar surface area (TPSA) is 67.8 Å². The fourth-order valence-corrected chi connectivity index (χ4v) is 1.59. The van der Waals surface area contributed by atoms with Gasteiger partial charge in [0, 0.05) is 39.0 Å². The molecule has 9 heteroatoms. The van der Waals surface area contributed by atoms with E-state index in [0.29, 0.717) is 32.3 Å². The maximum Gasteiger partial charge on any atom is 0.422 e. The third-order valence-corrected chi connectivity index (χ3v) is 2.61. The number of halogens is 3. The quantitative estimate of drug-likeness (QED) is 0.430. The molecule has 0 aromatic carbocycles. The summed E-state index contributed by atoms with van der Waals surface area (Å²) < 4.78 is 46.2. The van der Waals surface area contributed by atoms with Crippen LogP contribution in [0.1, 0.15) is 12.5 Å². The van der Waals surface area contributed by atoms with E-state index in [1.807, 2.05) is 6.92 Å². The number of guanidine groups is 1. The van der Waals surface area contributed by atoms with Crippen molar-refractivity contribution in [2.45, 2.75) is 19.6 Å². The molecule has 0 atom stereocenters. The normalized spacial score (nSPS) is 12.1. The first-order valence-corrected chi connectivity index (χ1v) is 7.11. The molecule has 1 heterocycles. The van der Waals surface area contributed by atoms with Crippen LogP contribution in [0.3, 0.4) is 0 Å². The van der Waals surface area contributed by atoms with Gasteiger partial charge in [0.2, 0.25) is 5.88 Å². The second kappa shape index (κ2) is 9.88. The van der Waals surface area contributed by atoms with Gasteiger partial charge in [-0.05, 0) is 18.6 Å². The largest absolute Gasteiger partial charge is 0.468 e. The molecule has 0 amide bonds. The minimum Gasteiger partial charge on any atom is -0.468 e. The first-order valence-electron chi connectivity index (χ1n) is 7.11. The van der Waals surface area contributed by atoms with E-state index in [4.69, 9.17) is 4.74 Å². The zero-order chi connectivity index (χ0) is 17.1. The van der Waals surface area contributed by atoms with E-state index >= 15 is 0 Å². The monoisotopic (exact) mass is 334 g/mol. The highest BCUT2D eigenvalue weighted by atomic mass is 19.4. The van der Waals surface area contributed by atoms with Crippen LogP contribution in [-0.2, 0) is 11.3 Å². The van der Waals surface area contributed by atoms with Crippen molar-refractivity contribution in [2.24, 2.45) is 4.99 Å². The number of pyridine rings is 1. The van der Waals surface area contributed by atoms with Gasteiger partial charge in [-0.15, -0.1) is 0 Å². The molecule has 0 saturated heterocycles. The van der Waals surface area contributed by atoms with E-state index in [2.05, 4.69) is 25.3 Å². The third kappa shape index (κ3) is 8.87. The molecule has 0 radical (unpaired) electrons.